The molecule has 4 amide bonds. The number of amides is 4. The van der Waals surface area contributed by atoms with E-state index in [2.05, 4.69) is 25.9 Å². The van der Waals surface area contributed by atoms with Crippen LogP contribution in [0.4, 0.5) is 4.79 Å². The Bertz CT molecular complexity index is 1970. The number of ether oxygens (including phenoxy) is 1. The maximum atomic E-state index is 14.3. The van der Waals surface area contributed by atoms with Gasteiger partial charge in [0.25, 0.3) is 5.91 Å². The zero-order chi connectivity index (χ0) is 38.5. The van der Waals surface area contributed by atoms with Crippen molar-refractivity contribution >= 4 is 34.6 Å². The highest BCUT2D eigenvalue weighted by Crippen LogP contribution is 2.20. The van der Waals surface area contributed by atoms with E-state index in [1.807, 2.05) is 92.7 Å². The van der Waals surface area contributed by atoms with Gasteiger partial charge >= 0.3 is 6.09 Å². The Labute approximate surface area is 310 Å². The topological polar surface area (TPSA) is 175 Å². The molecule has 0 spiro atoms. The van der Waals surface area contributed by atoms with Gasteiger partial charge in [-0.1, -0.05) is 117 Å². The standard InChI is InChI=1S/C41H46N6O6/c1-27(2)20-34(37(48)40(51)43-23-28-12-5-3-6-13-28)45-39(50)36(22-32-24-42-26-44-32)46-38(49)35(47-41(52)53-25-29-14-7-4-8-15-29)21-31-18-11-17-30-16-9-10-19-33(30)31/h3-19,24,26-27,34-37,48H,20-23,25H2,1-2H3,(H,42,44)(H,43,51)(H,45,50)(H,46,49)(H,47,52)/t34-,35+,36-,37-/m0/s1/i/hD. The first-order valence-corrected chi connectivity index (χ1v) is 17.6. The number of H-pyrrole nitrogens is 1. The number of carbonyl (C=O) groups excluding carboxylic acids is 4. The van der Waals surface area contributed by atoms with E-state index in [4.69, 9.17) is 6.15 Å². The van der Waals surface area contributed by atoms with Gasteiger partial charge in [-0.3, -0.25) is 14.4 Å². The highest BCUT2D eigenvalue weighted by molar-refractivity contribution is 5.93. The Balaban J connectivity index is 1.38. The number of aliphatic hydroxyl groups is 1. The molecule has 0 aliphatic carbocycles. The zero-order valence-corrected chi connectivity index (χ0v) is 29.8. The fraction of sp³-hybridized carbons (Fsp3) is 0.293. The summed E-state index contributed by atoms with van der Waals surface area (Å²) in [6.45, 7) is 3.87. The molecular formula is C41H46N6O6. The second kappa shape index (κ2) is 19.0. The van der Waals surface area contributed by atoms with Crippen LogP contribution in [0.5, 0.6) is 0 Å². The summed E-state index contributed by atoms with van der Waals surface area (Å²) < 4.78 is 14.3. The lowest BCUT2D eigenvalue weighted by Crippen LogP contribution is -2.58. The van der Waals surface area contributed by atoms with Gasteiger partial charge in [0, 0.05) is 31.3 Å². The predicted molar refractivity (Wildman–Crippen MR) is 201 cm³/mol. The lowest BCUT2D eigenvalue weighted by atomic mass is 9.97. The van der Waals surface area contributed by atoms with Gasteiger partial charge in [0.1, 0.15) is 18.7 Å². The molecule has 12 nitrogen and oxygen atoms in total. The minimum absolute atomic E-state index is 0.0173. The van der Waals surface area contributed by atoms with Gasteiger partial charge in [0.05, 0.1) is 12.4 Å². The van der Waals surface area contributed by atoms with Gasteiger partial charge < -0.3 is 36.1 Å². The molecule has 1 aromatic heterocycles. The molecule has 0 aliphatic heterocycles. The van der Waals surface area contributed by atoms with Crippen molar-refractivity contribution in [3.05, 3.63) is 138 Å². The van der Waals surface area contributed by atoms with E-state index >= 15 is 0 Å². The number of nitrogens with zero attached hydrogens (tertiary/aromatic N) is 1. The van der Waals surface area contributed by atoms with Crippen molar-refractivity contribution in [1.82, 2.24) is 31.2 Å². The molecule has 1 heterocycles. The van der Waals surface area contributed by atoms with Crippen LogP contribution in [0.1, 0.15) is 42.7 Å². The highest BCUT2D eigenvalue weighted by atomic mass is 16.5. The number of fused-ring (bicyclic) bond motifs is 1. The predicted octanol–water partition coefficient (Wildman–Crippen LogP) is 4.34. The van der Waals surface area contributed by atoms with E-state index in [-0.39, 0.29) is 38.3 Å². The number of imidazole rings is 1. The molecule has 0 unspecified atom stereocenters. The lowest BCUT2D eigenvalue weighted by Gasteiger charge is -2.28. The lowest BCUT2D eigenvalue weighted by molar-refractivity contribution is -0.134. The minimum Gasteiger partial charge on any atom is -0.445 e. The number of aromatic nitrogens is 2. The second-order valence-electron chi connectivity index (χ2n) is 13.3. The van der Waals surface area contributed by atoms with Crippen LogP contribution in [0.3, 0.4) is 0 Å². The van der Waals surface area contributed by atoms with Crippen molar-refractivity contribution in [2.24, 2.45) is 5.92 Å². The van der Waals surface area contributed by atoms with Gasteiger partial charge in [0.15, 0.2) is 7.52 Å². The third-order valence-electron chi connectivity index (χ3n) is 8.69. The van der Waals surface area contributed by atoms with E-state index in [1.165, 1.54) is 12.5 Å². The average molecular weight is 720 g/mol. The number of hydrogen-bond donors (Lipinski definition) is 6. The van der Waals surface area contributed by atoms with Gasteiger partial charge in [-0.15, -0.1) is 0 Å². The summed E-state index contributed by atoms with van der Waals surface area (Å²) in [7, 11) is 0. The number of aromatic amines is 1. The van der Waals surface area contributed by atoms with Crippen molar-refractivity contribution in [1.29, 1.82) is 0 Å². The molecule has 5 aromatic rings. The Morgan fingerprint density at radius 1 is 0.792 bits per heavy atom. The number of benzene rings is 4. The van der Waals surface area contributed by atoms with E-state index < -0.39 is 48.0 Å². The van der Waals surface area contributed by atoms with Crippen molar-refractivity contribution in [3.63, 3.8) is 0 Å². The van der Waals surface area contributed by atoms with E-state index in [1.54, 1.807) is 24.3 Å². The number of alkyl carbamates (subject to hydrolysis) is 1. The number of hydrogen-bond acceptors (Lipinski definition) is 7. The zero-order valence-electron chi connectivity index (χ0n) is 30.8. The third-order valence-corrected chi connectivity index (χ3v) is 8.69. The van der Waals surface area contributed by atoms with Crippen LogP contribution in [0.25, 0.3) is 10.8 Å². The summed E-state index contributed by atoms with van der Waals surface area (Å²) in [6.07, 6.45) is 0.460. The summed E-state index contributed by atoms with van der Waals surface area (Å²) in [5.41, 5.74) is 2.78. The molecule has 0 bridgehead atoms. The normalized spacial score (nSPS) is 13.6. The summed E-state index contributed by atoms with van der Waals surface area (Å²) in [6, 6.07) is 27.7. The number of rotatable bonds is 17. The maximum Gasteiger partial charge on any atom is 0.408 e. The Morgan fingerprint density at radius 3 is 2.15 bits per heavy atom. The summed E-state index contributed by atoms with van der Waals surface area (Å²) in [5, 5.41) is 21.7. The largest absolute Gasteiger partial charge is 0.445 e. The molecule has 4 aromatic carbocycles. The van der Waals surface area contributed by atoms with Gasteiger partial charge in [-0.05, 0) is 39.8 Å². The van der Waals surface area contributed by atoms with Crippen LogP contribution in [-0.2, 0) is 45.1 Å². The number of nitrogens with one attached hydrogen (secondary N) is 5. The monoisotopic (exact) mass is 719 g/mol. The summed E-state index contributed by atoms with van der Waals surface area (Å²) in [4.78, 5) is 61.7. The van der Waals surface area contributed by atoms with Gasteiger partial charge in [-0.25, -0.2) is 9.78 Å². The minimum atomic E-state index is -1.59. The molecule has 5 rings (SSSR count). The Hall–Kier alpha value is -6.01. The molecule has 4 atom stereocenters. The average Bonchev–Trinajstić information content (AvgIpc) is 3.71. The number of carbonyl (C=O) groups is 4. The fourth-order valence-corrected chi connectivity index (χ4v) is 5.98. The molecule has 0 saturated heterocycles. The van der Waals surface area contributed by atoms with Crippen LogP contribution in [0, 0.1) is 5.92 Å². The molecule has 276 valence electrons. The maximum absolute atomic E-state index is 14.3. The van der Waals surface area contributed by atoms with Crippen LogP contribution in [-0.4, -0.2) is 63.1 Å². The summed E-state index contributed by atoms with van der Waals surface area (Å²) >= 11 is 0. The first kappa shape index (κ1) is 36.8. The molecule has 0 aliphatic rings. The molecular weight excluding hydrogens is 672 g/mol. The van der Waals surface area contributed by atoms with Crippen LogP contribution < -0.4 is 21.3 Å². The fourth-order valence-electron chi connectivity index (χ4n) is 5.98. The molecule has 53 heavy (non-hydrogen) atoms. The van der Waals surface area contributed by atoms with Crippen molar-refractivity contribution in [2.75, 3.05) is 0 Å². The summed E-state index contributed by atoms with van der Waals surface area (Å²) in [5.74, 6) is -2.13. The molecule has 6 N–H and O–H groups in total. The van der Waals surface area contributed by atoms with Crippen molar-refractivity contribution < 1.29 is 30.4 Å². The van der Waals surface area contributed by atoms with Crippen molar-refractivity contribution in [2.45, 2.75) is 70.5 Å². The van der Waals surface area contributed by atoms with E-state index in [0.29, 0.717) is 22.1 Å². The molecule has 0 saturated carbocycles. The van der Waals surface area contributed by atoms with Gasteiger partial charge in [0.2, 0.25) is 11.8 Å². The van der Waals surface area contributed by atoms with Crippen LogP contribution in [0.15, 0.2) is 116 Å². The Morgan fingerprint density at radius 2 is 1.45 bits per heavy atom. The van der Waals surface area contributed by atoms with Crippen LogP contribution >= 0.6 is 0 Å². The first-order valence-electron chi connectivity index (χ1n) is 18.1. The Kier molecular flexibility index (Phi) is 13.2. The SMILES string of the molecule is [2H]N(C(=O)OCc1ccccc1)[C@H](Cc1cccc2ccccc12)C(=O)N[C@@H](Cc1cnc[nH]1)C(=O)N[C@@H](CC(C)C)[C@H](O)C(=O)NCc1ccccc1. The first-order chi connectivity index (χ1) is 26.1. The highest BCUT2D eigenvalue weighted by Gasteiger charge is 2.33. The van der Waals surface area contributed by atoms with Crippen LogP contribution in [0.2, 0.25) is 1.41 Å². The number of aliphatic hydroxyl groups excluding tert-OH is 1. The molecule has 0 fully saturated rings. The molecule has 12 heteroatoms. The third kappa shape index (κ3) is 11.5. The quantitative estimate of drug-likeness (QED) is 0.0829. The van der Waals surface area contributed by atoms with Crippen molar-refractivity contribution in [3.8, 4) is 0 Å². The van der Waals surface area contributed by atoms with E-state index in [0.717, 1.165) is 16.3 Å². The smallest absolute Gasteiger partial charge is 0.408 e. The molecule has 0 radical (unpaired) electrons. The second-order valence-corrected chi connectivity index (χ2v) is 13.3. The van der Waals surface area contributed by atoms with Gasteiger partial charge in [-0.2, -0.15) is 0 Å². The van der Waals surface area contributed by atoms with E-state index in [9.17, 15) is 24.3 Å².